The van der Waals surface area contributed by atoms with Crippen molar-refractivity contribution in [3.8, 4) is 6.07 Å². The maximum atomic E-state index is 12.0. The standard InChI is InChI=1S/C18H20N2O4S/c1-2-3-9-16(21)20-15(18(23)24-13-12-19)10-11-17(22)25-14-7-5-4-6-8-14/h2,4-8,15H,1,3,9-11,13H2,(H,20,21). The molecule has 0 aromatic heterocycles. The Labute approximate surface area is 151 Å². The van der Waals surface area contributed by atoms with Crippen LogP contribution in [0.15, 0.2) is 47.9 Å². The summed E-state index contributed by atoms with van der Waals surface area (Å²) in [5.74, 6) is -1.05. The lowest BCUT2D eigenvalue weighted by Gasteiger charge is -2.16. The van der Waals surface area contributed by atoms with Gasteiger partial charge in [0.2, 0.25) is 5.91 Å². The number of carbonyl (C=O) groups is 3. The van der Waals surface area contributed by atoms with Gasteiger partial charge >= 0.3 is 5.97 Å². The summed E-state index contributed by atoms with van der Waals surface area (Å²) < 4.78 is 4.76. The highest BCUT2D eigenvalue weighted by atomic mass is 32.2. The number of hydrogen-bond donors (Lipinski definition) is 1. The van der Waals surface area contributed by atoms with Gasteiger partial charge in [-0.25, -0.2) is 4.79 Å². The first-order chi connectivity index (χ1) is 12.1. The molecule has 1 aromatic rings. The number of nitriles is 1. The van der Waals surface area contributed by atoms with Crippen molar-refractivity contribution in [3.63, 3.8) is 0 Å². The van der Waals surface area contributed by atoms with Crippen molar-refractivity contribution in [2.45, 2.75) is 36.6 Å². The molecule has 0 bridgehead atoms. The number of amides is 1. The zero-order valence-electron chi connectivity index (χ0n) is 13.8. The van der Waals surface area contributed by atoms with E-state index in [9.17, 15) is 14.4 Å². The van der Waals surface area contributed by atoms with E-state index in [0.29, 0.717) is 6.42 Å². The summed E-state index contributed by atoms with van der Waals surface area (Å²) in [4.78, 5) is 36.6. The second-order valence-corrected chi connectivity index (χ2v) is 6.17. The van der Waals surface area contributed by atoms with Gasteiger partial charge in [0.25, 0.3) is 0 Å². The van der Waals surface area contributed by atoms with E-state index in [1.165, 1.54) is 0 Å². The second-order valence-electron chi connectivity index (χ2n) is 5.04. The SMILES string of the molecule is C=CCCC(=O)NC(CCC(=O)Sc1ccccc1)C(=O)OCC#N. The fraction of sp³-hybridized carbons (Fsp3) is 0.333. The molecule has 0 saturated carbocycles. The third-order valence-corrected chi connectivity index (χ3v) is 4.03. The van der Waals surface area contributed by atoms with Crippen LogP contribution in [0.5, 0.6) is 0 Å². The normalized spacial score (nSPS) is 11.0. The average Bonchev–Trinajstić information content (AvgIpc) is 2.62. The van der Waals surface area contributed by atoms with Gasteiger partial charge in [-0.3, -0.25) is 9.59 Å². The number of benzene rings is 1. The molecule has 1 N–H and O–H groups in total. The molecule has 0 aliphatic carbocycles. The van der Waals surface area contributed by atoms with E-state index >= 15 is 0 Å². The largest absolute Gasteiger partial charge is 0.449 e. The highest BCUT2D eigenvalue weighted by molar-refractivity contribution is 8.13. The van der Waals surface area contributed by atoms with Crippen molar-refractivity contribution < 1.29 is 19.1 Å². The minimum atomic E-state index is -0.953. The number of hydrogen-bond acceptors (Lipinski definition) is 6. The molecule has 0 saturated heterocycles. The Bertz CT molecular complexity index is 640. The predicted molar refractivity (Wildman–Crippen MR) is 94.5 cm³/mol. The Hall–Kier alpha value is -2.59. The van der Waals surface area contributed by atoms with Crippen molar-refractivity contribution in [1.82, 2.24) is 5.32 Å². The Morgan fingerprint density at radius 1 is 1.28 bits per heavy atom. The molecule has 1 aromatic carbocycles. The number of carbonyl (C=O) groups excluding carboxylic acids is 3. The third kappa shape index (κ3) is 8.72. The molecule has 132 valence electrons. The quantitative estimate of drug-likeness (QED) is 0.391. The summed E-state index contributed by atoms with van der Waals surface area (Å²) in [6.07, 6.45) is 2.48. The van der Waals surface area contributed by atoms with Gasteiger partial charge < -0.3 is 10.1 Å². The zero-order valence-corrected chi connectivity index (χ0v) is 14.6. The van der Waals surface area contributed by atoms with Crippen LogP contribution < -0.4 is 5.32 Å². The number of thioether (sulfide) groups is 1. The molecule has 0 aliphatic heterocycles. The minimum absolute atomic E-state index is 0.0909. The Kier molecular flexibility index (Phi) is 9.71. The zero-order chi connectivity index (χ0) is 18.5. The molecule has 1 rings (SSSR count). The van der Waals surface area contributed by atoms with Crippen LogP contribution in [0.25, 0.3) is 0 Å². The smallest absolute Gasteiger partial charge is 0.329 e. The second kappa shape index (κ2) is 11.9. The van der Waals surface area contributed by atoms with E-state index in [1.54, 1.807) is 12.1 Å². The van der Waals surface area contributed by atoms with E-state index < -0.39 is 18.6 Å². The maximum absolute atomic E-state index is 12.0. The van der Waals surface area contributed by atoms with E-state index in [0.717, 1.165) is 16.7 Å². The maximum Gasteiger partial charge on any atom is 0.329 e. The molecule has 0 heterocycles. The van der Waals surface area contributed by atoms with Crippen molar-refractivity contribution in [3.05, 3.63) is 43.0 Å². The lowest BCUT2D eigenvalue weighted by molar-refractivity contribution is -0.146. The Morgan fingerprint density at radius 3 is 2.64 bits per heavy atom. The summed E-state index contributed by atoms with van der Waals surface area (Å²) in [6, 6.07) is 9.90. The number of nitrogens with one attached hydrogen (secondary N) is 1. The van der Waals surface area contributed by atoms with Gasteiger partial charge in [-0.2, -0.15) is 5.26 Å². The van der Waals surface area contributed by atoms with Gasteiger partial charge in [0.15, 0.2) is 11.7 Å². The lowest BCUT2D eigenvalue weighted by Crippen LogP contribution is -2.42. The van der Waals surface area contributed by atoms with Gasteiger partial charge in [0, 0.05) is 17.7 Å². The van der Waals surface area contributed by atoms with Crippen molar-refractivity contribution in [2.24, 2.45) is 0 Å². The lowest BCUT2D eigenvalue weighted by atomic mass is 10.1. The number of ether oxygens (including phenoxy) is 1. The molecule has 6 nitrogen and oxygen atoms in total. The van der Waals surface area contributed by atoms with E-state index in [4.69, 9.17) is 10.00 Å². The number of nitrogens with zero attached hydrogens (tertiary/aromatic N) is 1. The third-order valence-electron chi connectivity index (χ3n) is 3.09. The first-order valence-corrected chi connectivity index (χ1v) is 8.58. The van der Waals surface area contributed by atoms with Crippen molar-refractivity contribution in [2.75, 3.05) is 6.61 Å². The van der Waals surface area contributed by atoms with Crippen LogP contribution in [0.2, 0.25) is 0 Å². The van der Waals surface area contributed by atoms with Crippen LogP contribution in [0.4, 0.5) is 0 Å². The molecule has 0 radical (unpaired) electrons. The van der Waals surface area contributed by atoms with Crippen molar-refractivity contribution in [1.29, 1.82) is 5.26 Å². The van der Waals surface area contributed by atoms with Gasteiger partial charge in [0.05, 0.1) is 0 Å². The topological polar surface area (TPSA) is 96.3 Å². The molecule has 1 amide bonds. The Balaban J connectivity index is 2.57. The van der Waals surface area contributed by atoms with Gasteiger partial charge in [0.1, 0.15) is 12.1 Å². The molecule has 7 heteroatoms. The first kappa shape index (κ1) is 20.5. The van der Waals surface area contributed by atoms with Crippen LogP contribution >= 0.6 is 11.8 Å². The van der Waals surface area contributed by atoms with Crippen LogP contribution in [0.1, 0.15) is 25.7 Å². The molecule has 1 atom stereocenters. The minimum Gasteiger partial charge on any atom is -0.449 e. The summed E-state index contributed by atoms with van der Waals surface area (Å²) in [5.41, 5.74) is 0. The van der Waals surface area contributed by atoms with Gasteiger partial charge in [-0.1, -0.05) is 36.0 Å². The molecular formula is C18H20N2O4S. The molecule has 1 unspecified atom stereocenters. The van der Waals surface area contributed by atoms with Crippen LogP contribution in [0, 0.1) is 11.3 Å². The van der Waals surface area contributed by atoms with Gasteiger partial charge in [-0.05, 0) is 25.0 Å². The fourth-order valence-corrected chi connectivity index (χ4v) is 2.66. The Morgan fingerprint density at radius 2 is 2.00 bits per heavy atom. The van der Waals surface area contributed by atoms with E-state index in [2.05, 4.69) is 11.9 Å². The first-order valence-electron chi connectivity index (χ1n) is 7.76. The summed E-state index contributed by atoms with van der Waals surface area (Å²) >= 11 is 1.08. The van der Waals surface area contributed by atoms with Crippen molar-refractivity contribution >= 4 is 28.8 Å². The predicted octanol–water partition coefficient (Wildman–Crippen LogP) is 2.60. The number of allylic oxidation sites excluding steroid dienone is 1. The van der Waals surface area contributed by atoms with Crippen LogP contribution in [-0.2, 0) is 19.1 Å². The molecule has 25 heavy (non-hydrogen) atoms. The summed E-state index contributed by atoms with van der Waals surface area (Å²) in [5, 5.41) is 10.9. The van der Waals surface area contributed by atoms with Crippen LogP contribution in [-0.4, -0.2) is 29.6 Å². The van der Waals surface area contributed by atoms with Crippen LogP contribution in [0.3, 0.4) is 0 Å². The highest BCUT2D eigenvalue weighted by Crippen LogP contribution is 2.20. The molecule has 0 fully saturated rings. The summed E-state index contributed by atoms with van der Waals surface area (Å²) in [7, 11) is 0. The number of rotatable bonds is 10. The monoisotopic (exact) mass is 360 g/mol. The fourth-order valence-electron chi connectivity index (χ4n) is 1.89. The molecule has 0 aliphatic rings. The van der Waals surface area contributed by atoms with E-state index in [-0.39, 0.29) is 30.3 Å². The highest BCUT2D eigenvalue weighted by Gasteiger charge is 2.23. The molecular weight excluding hydrogens is 340 g/mol. The van der Waals surface area contributed by atoms with E-state index in [1.807, 2.05) is 30.3 Å². The number of esters is 1. The summed E-state index contributed by atoms with van der Waals surface area (Å²) in [6.45, 7) is 3.13. The average molecular weight is 360 g/mol. The molecule has 0 spiro atoms. The van der Waals surface area contributed by atoms with Gasteiger partial charge in [-0.15, -0.1) is 6.58 Å².